The smallest absolute Gasteiger partial charge is 0.253 e. The van der Waals surface area contributed by atoms with E-state index in [9.17, 15) is 9.59 Å². The molecule has 2 amide bonds. The zero-order chi connectivity index (χ0) is 21.8. The number of ether oxygens (including phenoxy) is 1. The van der Waals surface area contributed by atoms with E-state index in [4.69, 9.17) is 4.74 Å². The lowest BCUT2D eigenvalue weighted by atomic mass is 10.0. The predicted molar refractivity (Wildman–Crippen MR) is 122 cm³/mol. The Hall–Kier alpha value is -2.82. The predicted octanol–water partition coefficient (Wildman–Crippen LogP) is 4.66. The van der Waals surface area contributed by atoms with Gasteiger partial charge in [-0.25, -0.2) is 0 Å². The summed E-state index contributed by atoms with van der Waals surface area (Å²) in [6.45, 7) is 2.68. The fourth-order valence-electron chi connectivity index (χ4n) is 4.19. The van der Waals surface area contributed by atoms with Gasteiger partial charge in [0.15, 0.2) is 0 Å². The maximum absolute atomic E-state index is 13.0. The molecule has 2 aromatic rings. The molecule has 0 radical (unpaired) electrons. The number of hydrogen-bond acceptors (Lipinski definition) is 3. The monoisotopic (exact) mass is 420 g/mol. The SMILES string of the molecule is CCC(=O)NC1CC[C@@H](N(C)C(=O)c2ccc(-c3ccc(OCC4CC4)cc3)cc2)C1. The lowest BCUT2D eigenvalue weighted by molar-refractivity contribution is -0.121. The maximum Gasteiger partial charge on any atom is 0.253 e. The van der Waals surface area contributed by atoms with E-state index >= 15 is 0 Å². The number of benzene rings is 2. The van der Waals surface area contributed by atoms with Gasteiger partial charge < -0.3 is 15.0 Å². The first-order valence-electron chi connectivity index (χ1n) is 11.4. The molecule has 31 heavy (non-hydrogen) atoms. The first-order valence-corrected chi connectivity index (χ1v) is 11.4. The molecule has 5 nitrogen and oxygen atoms in total. The van der Waals surface area contributed by atoms with Gasteiger partial charge in [-0.15, -0.1) is 0 Å². The lowest BCUT2D eigenvalue weighted by Crippen LogP contribution is -2.38. The summed E-state index contributed by atoms with van der Waals surface area (Å²) in [5.74, 6) is 1.77. The van der Waals surface area contributed by atoms with Gasteiger partial charge in [0.1, 0.15) is 5.75 Å². The number of carbonyl (C=O) groups is 2. The summed E-state index contributed by atoms with van der Waals surface area (Å²) in [4.78, 5) is 26.4. The number of nitrogens with zero attached hydrogens (tertiary/aromatic N) is 1. The van der Waals surface area contributed by atoms with Gasteiger partial charge >= 0.3 is 0 Å². The quantitative estimate of drug-likeness (QED) is 0.676. The minimum absolute atomic E-state index is 0.0304. The Bertz CT molecular complexity index is 903. The first-order chi connectivity index (χ1) is 15.0. The average Bonchev–Trinajstić information content (AvgIpc) is 3.53. The molecule has 0 heterocycles. The van der Waals surface area contributed by atoms with E-state index in [1.165, 1.54) is 12.8 Å². The van der Waals surface area contributed by atoms with Gasteiger partial charge in [-0.1, -0.05) is 31.2 Å². The molecule has 0 aliphatic heterocycles. The second kappa shape index (κ2) is 9.54. The Labute approximate surface area is 184 Å². The van der Waals surface area contributed by atoms with Crippen molar-refractivity contribution < 1.29 is 14.3 Å². The van der Waals surface area contributed by atoms with Crippen LogP contribution in [0.4, 0.5) is 0 Å². The molecule has 2 aromatic carbocycles. The summed E-state index contributed by atoms with van der Waals surface area (Å²) < 4.78 is 5.81. The Morgan fingerprint density at radius 3 is 2.23 bits per heavy atom. The summed E-state index contributed by atoms with van der Waals surface area (Å²) in [5, 5.41) is 3.05. The second-order valence-electron chi connectivity index (χ2n) is 8.86. The first kappa shape index (κ1) is 21.4. The fraction of sp³-hybridized carbons (Fsp3) is 0.462. The van der Waals surface area contributed by atoms with Gasteiger partial charge in [0.2, 0.25) is 5.91 Å². The van der Waals surface area contributed by atoms with Crippen LogP contribution in [0.3, 0.4) is 0 Å². The van der Waals surface area contributed by atoms with Crippen LogP contribution in [0.2, 0.25) is 0 Å². The zero-order valence-corrected chi connectivity index (χ0v) is 18.5. The van der Waals surface area contributed by atoms with Crippen LogP contribution in [-0.2, 0) is 4.79 Å². The molecule has 1 unspecified atom stereocenters. The Balaban J connectivity index is 1.34. The standard InChI is InChI=1S/C26H32N2O3/c1-3-25(29)27-22-12-13-23(16-22)28(2)26(30)21-8-6-19(7-9-21)20-10-14-24(15-11-20)31-17-18-4-5-18/h6-11,14-15,18,22-23H,3-5,12-13,16-17H2,1-2H3,(H,27,29)/t22?,23-/m1/s1. The molecule has 5 heteroatoms. The van der Waals surface area contributed by atoms with Gasteiger partial charge in [0, 0.05) is 31.1 Å². The molecule has 2 atom stereocenters. The normalized spacial score (nSPS) is 20.3. The van der Waals surface area contributed by atoms with E-state index in [1.807, 2.05) is 55.3 Å². The molecule has 0 saturated heterocycles. The molecule has 164 valence electrons. The molecular weight excluding hydrogens is 388 g/mol. The Morgan fingerprint density at radius 1 is 0.968 bits per heavy atom. The van der Waals surface area contributed by atoms with Crippen LogP contribution in [0, 0.1) is 5.92 Å². The van der Waals surface area contributed by atoms with Gasteiger partial charge in [-0.05, 0) is 73.4 Å². The molecule has 1 N–H and O–H groups in total. The second-order valence-corrected chi connectivity index (χ2v) is 8.86. The van der Waals surface area contributed by atoms with E-state index < -0.39 is 0 Å². The maximum atomic E-state index is 13.0. The zero-order valence-electron chi connectivity index (χ0n) is 18.5. The van der Waals surface area contributed by atoms with E-state index in [2.05, 4.69) is 17.4 Å². The topological polar surface area (TPSA) is 58.6 Å². The molecule has 4 rings (SSSR count). The summed E-state index contributed by atoms with van der Waals surface area (Å²) >= 11 is 0. The largest absolute Gasteiger partial charge is 0.493 e. The Kier molecular flexibility index (Phi) is 6.59. The highest BCUT2D eigenvalue weighted by Crippen LogP contribution is 2.30. The third-order valence-electron chi connectivity index (χ3n) is 6.46. The van der Waals surface area contributed by atoms with Crippen molar-refractivity contribution in [3.63, 3.8) is 0 Å². The van der Waals surface area contributed by atoms with Crippen LogP contribution in [-0.4, -0.2) is 42.5 Å². The van der Waals surface area contributed by atoms with E-state index in [1.54, 1.807) is 0 Å². The molecule has 2 aliphatic rings. The average molecular weight is 421 g/mol. The molecule has 2 fully saturated rings. The van der Waals surface area contributed by atoms with Gasteiger partial charge in [0.05, 0.1) is 6.61 Å². The fourth-order valence-corrected chi connectivity index (χ4v) is 4.19. The van der Waals surface area contributed by atoms with E-state index in [-0.39, 0.29) is 23.9 Å². The van der Waals surface area contributed by atoms with Crippen molar-refractivity contribution in [3.8, 4) is 16.9 Å². The number of carbonyl (C=O) groups excluding carboxylic acids is 2. The molecule has 2 aliphatic carbocycles. The van der Waals surface area contributed by atoms with Gasteiger partial charge in [-0.2, -0.15) is 0 Å². The Morgan fingerprint density at radius 2 is 1.61 bits per heavy atom. The third-order valence-corrected chi connectivity index (χ3v) is 6.46. The van der Waals surface area contributed by atoms with Crippen LogP contribution in [0.1, 0.15) is 55.8 Å². The highest BCUT2D eigenvalue weighted by Gasteiger charge is 2.30. The van der Waals surface area contributed by atoms with Crippen molar-refractivity contribution in [1.29, 1.82) is 0 Å². The highest BCUT2D eigenvalue weighted by atomic mass is 16.5. The van der Waals surface area contributed by atoms with Crippen molar-refractivity contribution in [2.75, 3.05) is 13.7 Å². The van der Waals surface area contributed by atoms with Crippen LogP contribution >= 0.6 is 0 Å². The summed E-state index contributed by atoms with van der Waals surface area (Å²) in [6.07, 6.45) is 5.74. The summed E-state index contributed by atoms with van der Waals surface area (Å²) in [7, 11) is 1.87. The third kappa shape index (κ3) is 5.46. The van der Waals surface area contributed by atoms with Crippen molar-refractivity contribution in [1.82, 2.24) is 10.2 Å². The molecule has 2 saturated carbocycles. The van der Waals surface area contributed by atoms with Crippen LogP contribution in [0.25, 0.3) is 11.1 Å². The number of nitrogens with one attached hydrogen (secondary N) is 1. The van der Waals surface area contributed by atoms with Crippen molar-refractivity contribution in [2.45, 2.75) is 57.5 Å². The highest BCUT2D eigenvalue weighted by molar-refractivity contribution is 5.94. The van der Waals surface area contributed by atoms with Gasteiger partial charge in [-0.3, -0.25) is 9.59 Å². The van der Waals surface area contributed by atoms with Crippen LogP contribution in [0.5, 0.6) is 5.75 Å². The summed E-state index contributed by atoms with van der Waals surface area (Å²) in [5.41, 5.74) is 2.88. The number of amides is 2. The summed E-state index contributed by atoms with van der Waals surface area (Å²) in [6, 6.07) is 16.3. The minimum Gasteiger partial charge on any atom is -0.493 e. The lowest BCUT2D eigenvalue weighted by Gasteiger charge is -2.25. The number of rotatable bonds is 8. The van der Waals surface area contributed by atoms with E-state index in [0.717, 1.165) is 48.7 Å². The van der Waals surface area contributed by atoms with Crippen molar-refractivity contribution >= 4 is 11.8 Å². The van der Waals surface area contributed by atoms with Crippen LogP contribution < -0.4 is 10.1 Å². The number of hydrogen-bond donors (Lipinski definition) is 1. The molecule has 0 bridgehead atoms. The van der Waals surface area contributed by atoms with Gasteiger partial charge in [0.25, 0.3) is 5.91 Å². The molecule has 0 aromatic heterocycles. The minimum atomic E-state index is 0.0304. The van der Waals surface area contributed by atoms with Crippen LogP contribution in [0.15, 0.2) is 48.5 Å². The molecular formula is C26H32N2O3. The van der Waals surface area contributed by atoms with Crippen molar-refractivity contribution in [2.24, 2.45) is 5.92 Å². The molecule has 0 spiro atoms. The van der Waals surface area contributed by atoms with Crippen molar-refractivity contribution in [3.05, 3.63) is 54.1 Å². The van der Waals surface area contributed by atoms with E-state index in [0.29, 0.717) is 12.0 Å².